The van der Waals surface area contributed by atoms with Gasteiger partial charge in [0.25, 0.3) is 0 Å². The van der Waals surface area contributed by atoms with Gasteiger partial charge in [0.1, 0.15) is 0 Å². The van der Waals surface area contributed by atoms with Gasteiger partial charge >= 0.3 is 11.9 Å². The Bertz CT molecular complexity index is 770. The molecule has 2 N–H and O–H groups in total. The average Bonchev–Trinajstić information content (AvgIpc) is 2.82. The Kier molecular flexibility index (Phi) is 3.91. The van der Waals surface area contributed by atoms with E-state index >= 15 is 0 Å². The number of aromatic nitrogens is 2. The number of hydrogen-bond acceptors (Lipinski definition) is 2. The predicted octanol–water partition coefficient (Wildman–Crippen LogP) is 2.58. The first kappa shape index (κ1) is 15.6. The summed E-state index contributed by atoms with van der Waals surface area (Å²) in [4.78, 5) is 25.1. The van der Waals surface area contributed by atoms with Crippen LogP contribution in [0.5, 0.6) is 0 Å². The van der Waals surface area contributed by atoms with Gasteiger partial charge in [-0.1, -0.05) is 0 Å². The van der Waals surface area contributed by atoms with Crippen LogP contribution in [0, 0.1) is 0 Å². The minimum Gasteiger partial charge on any atom is -0.356 e. The van der Waals surface area contributed by atoms with Crippen LogP contribution in [0.1, 0.15) is 37.3 Å². The van der Waals surface area contributed by atoms with E-state index in [1.54, 1.807) is 0 Å². The first-order valence-electron chi connectivity index (χ1n) is 7.41. The number of halogens is 3. The lowest BCUT2D eigenvalue weighted by Crippen LogP contribution is -2.34. The summed E-state index contributed by atoms with van der Waals surface area (Å²) in [6.45, 7) is 0. The maximum absolute atomic E-state index is 12.8. The number of aromatic amines is 1. The van der Waals surface area contributed by atoms with E-state index in [0.29, 0.717) is 24.8 Å². The number of H-pyrrole nitrogens is 1. The van der Waals surface area contributed by atoms with E-state index in [4.69, 9.17) is 0 Å². The van der Waals surface area contributed by atoms with Crippen LogP contribution in [0.25, 0.3) is 11.0 Å². The number of nitrogens with one attached hydrogen (secondary N) is 2. The predicted molar refractivity (Wildman–Crippen MR) is 78.1 cm³/mol. The Morgan fingerprint density at radius 2 is 1.91 bits per heavy atom. The molecule has 1 aliphatic carbocycles. The molecule has 23 heavy (non-hydrogen) atoms. The Hall–Kier alpha value is -2.25. The van der Waals surface area contributed by atoms with Gasteiger partial charge in [-0.25, -0.2) is 4.79 Å². The van der Waals surface area contributed by atoms with Crippen molar-refractivity contribution in [3.63, 3.8) is 0 Å². The summed E-state index contributed by atoms with van der Waals surface area (Å²) in [5, 5.41) is 2.73. The molecule has 0 unspecified atom stereocenters. The lowest BCUT2D eigenvalue weighted by atomic mass is 9.91. The van der Waals surface area contributed by atoms with Gasteiger partial charge in [-0.15, -0.1) is 0 Å². The summed E-state index contributed by atoms with van der Waals surface area (Å²) in [5.41, 5.74) is -0.504. The van der Waals surface area contributed by atoms with Crippen molar-refractivity contribution in [3.8, 4) is 0 Å². The Labute approximate surface area is 129 Å². The highest BCUT2D eigenvalue weighted by Gasteiger charge is 2.31. The molecule has 5 nitrogen and oxygen atoms in total. The molecule has 0 bridgehead atoms. The molecule has 0 radical (unpaired) electrons. The summed E-state index contributed by atoms with van der Waals surface area (Å²) in [7, 11) is 0. The topological polar surface area (TPSA) is 66.9 Å². The summed E-state index contributed by atoms with van der Waals surface area (Å²) in [6.07, 6.45) is -0.904. The third-order valence-corrected chi connectivity index (χ3v) is 4.41. The molecule has 2 aromatic rings. The van der Waals surface area contributed by atoms with Crippen molar-refractivity contribution in [3.05, 3.63) is 34.2 Å². The van der Waals surface area contributed by atoms with Gasteiger partial charge in [-0.05, 0) is 43.9 Å². The number of hydrogen-bond donors (Lipinski definition) is 2. The summed E-state index contributed by atoms with van der Waals surface area (Å²) in [6, 6.07) is 3.32. The zero-order valence-electron chi connectivity index (χ0n) is 12.2. The molecule has 1 aromatic heterocycles. The van der Waals surface area contributed by atoms with Crippen LogP contribution in [-0.4, -0.2) is 22.0 Å². The second-order valence-corrected chi connectivity index (χ2v) is 5.82. The number of fused-ring (bicyclic) bond motifs is 1. The number of carbonyl (C=O) groups excluding carboxylic acids is 1. The molecule has 1 amide bonds. The zero-order chi connectivity index (χ0) is 16.6. The SMILES string of the molecule is O=CN[C@H]1CC[C@H](n2c(=O)[nH]c3cc(C(F)(F)F)ccc32)CC1. The van der Waals surface area contributed by atoms with Crippen LogP contribution in [0.15, 0.2) is 23.0 Å². The largest absolute Gasteiger partial charge is 0.416 e. The second kappa shape index (κ2) is 5.75. The van der Waals surface area contributed by atoms with Gasteiger partial charge in [0.15, 0.2) is 0 Å². The Morgan fingerprint density at radius 1 is 1.22 bits per heavy atom. The van der Waals surface area contributed by atoms with E-state index in [0.717, 1.165) is 25.0 Å². The fourth-order valence-electron chi connectivity index (χ4n) is 3.27. The van der Waals surface area contributed by atoms with E-state index < -0.39 is 17.4 Å². The van der Waals surface area contributed by atoms with E-state index in [2.05, 4.69) is 10.3 Å². The molecule has 1 saturated carbocycles. The highest BCUT2D eigenvalue weighted by Crippen LogP contribution is 2.33. The number of rotatable bonds is 3. The summed E-state index contributed by atoms with van der Waals surface area (Å²) < 4.78 is 39.8. The molecule has 8 heteroatoms. The standard InChI is InChI=1S/C15H16F3N3O2/c16-15(17,18)9-1-6-13-12(7-9)20-14(23)21(13)11-4-2-10(3-5-11)19-8-22/h1,6-8,10-11H,2-5H2,(H,19,22)(H,20,23)/t10-,11-. The van der Waals surface area contributed by atoms with E-state index in [1.807, 2.05) is 0 Å². The number of carbonyl (C=O) groups is 1. The first-order valence-corrected chi connectivity index (χ1v) is 7.41. The molecule has 0 aliphatic heterocycles. The normalized spacial score (nSPS) is 22.2. The number of nitrogens with zero attached hydrogens (tertiary/aromatic N) is 1. The van der Waals surface area contributed by atoms with Crippen LogP contribution >= 0.6 is 0 Å². The van der Waals surface area contributed by atoms with E-state index in [-0.39, 0.29) is 17.6 Å². The molecule has 0 spiro atoms. The maximum atomic E-state index is 12.8. The van der Waals surface area contributed by atoms with Crippen LogP contribution in [0.4, 0.5) is 13.2 Å². The first-order chi connectivity index (χ1) is 10.9. The van der Waals surface area contributed by atoms with Gasteiger partial charge in [0.2, 0.25) is 6.41 Å². The molecule has 1 aliphatic rings. The van der Waals surface area contributed by atoms with E-state index in [1.165, 1.54) is 10.6 Å². The van der Waals surface area contributed by atoms with Gasteiger partial charge in [0, 0.05) is 12.1 Å². The van der Waals surface area contributed by atoms with Crippen LogP contribution in [0.2, 0.25) is 0 Å². The second-order valence-electron chi connectivity index (χ2n) is 5.82. The molecule has 3 rings (SSSR count). The van der Waals surface area contributed by atoms with Gasteiger partial charge in [-0.2, -0.15) is 13.2 Å². The van der Waals surface area contributed by atoms with Crippen molar-refractivity contribution >= 4 is 17.4 Å². The minimum absolute atomic E-state index is 0.0716. The molecule has 1 aromatic carbocycles. The Balaban J connectivity index is 1.92. The fraction of sp³-hybridized carbons (Fsp3) is 0.467. The minimum atomic E-state index is -4.44. The molecule has 124 valence electrons. The molecule has 1 heterocycles. The van der Waals surface area contributed by atoms with Crippen molar-refractivity contribution in [1.82, 2.24) is 14.9 Å². The third kappa shape index (κ3) is 2.97. The van der Waals surface area contributed by atoms with Gasteiger partial charge in [-0.3, -0.25) is 9.36 Å². The fourth-order valence-corrected chi connectivity index (χ4v) is 3.27. The quantitative estimate of drug-likeness (QED) is 0.851. The summed E-state index contributed by atoms with van der Waals surface area (Å²) in [5.74, 6) is 0. The monoisotopic (exact) mass is 327 g/mol. The number of alkyl halides is 3. The highest BCUT2D eigenvalue weighted by atomic mass is 19.4. The van der Waals surface area contributed by atoms with Gasteiger partial charge < -0.3 is 10.3 Å². The lowest BCUT2D eigenvalue weighted by molar-refractivity contribution is -0.137. The maximum Gasteiger partial charge on any atom is 0.416 e. The molecular weight excluding hydrogens is 311 g/mol. The van der Waals surface area contributed by atoms with Crippen LogP contribution in [-0.2, 0) is 11.0 Å². The summed E-state index contributed by atoms with van der Waals surface area (Å²) >= 11 is 0. The third-order valence-electron chi connectivity index (χ3n) is 4.41. The van der Waals surface area contributed by atoms with Crippen molar-refractivity contribution in [1.29, 1.82) is 0 Å². The molecular formula is C15H16F3N3O2. The smallest absolute Gasteiger partial charge is 0.356 e. The van der Waals surface area contributed by atoms with Crippen molar-refractivity contribution in [2.24, 2.45) is 0 Å². The number of imidazole rings is 1. The zero-order valence-corrected chi connectivity index (χ0v) is 12.2. The number of benzene rings is 1. The molecule has 0 atom stereocenters. The number of amides is 1. The molecule has 0 saturated heterocycles. The van der Waals surface area contributed by atoms with E-state index in [9.17, 15) is 22.8 Å². The Morgan fingerprint density at radius 3 is 2.52 bits per heavy atom. The molecule has 1 fully saturated rings. The average molecular weight is 327 g/mol. The van der Waals surface area contributed by atoms with Crippen molar-refractivity contribution in [2.75, 3.05) is 0 Å². The van der Waals surface area contributed by atoms with Crippen molar-refractivity contribution in [2.45, 2.75) is 43.9 Å². The highest BCUT2D eigenvalue weighted by molar-refractivity contribution is 5.76. The van der Waals surface area contributed by atoms with Crippen molar-refractivity contribution < 1.29 is 18.0 Å². The van der Waals surface area contributed by atoms with Gasteiger partial charge in [0.05, 0.1) is 16.6 Å². The van der Waals surface area contributed by atoms with Crippen LogP contribution in [0.3, 0.4) is 0 Å². The lowest BCUT2D eigenvalue weighted by Gasteiger charge is -2.28. The van der Waals surface area contributed by atoms with Crippen LogP contribution < -0.4 is 11.0 Å².